The molecule has 0 saturated carbocycles. The third-order valence-electron chi connectivity index (χ3n) is 4.49. The van der Waals surface area contributed by atoms with Gasteiger partial charge in [0.25, 0.3) is 0 Å². The Kier molecular flexibility index (Phi) is 6.41. The average molecular weight is 362 g/mol. The quantitative estimate of drug-likeness (QED) is 0.792. The van der Waals surface area contributed by atoms with Gasteiger partial charge >= 0.3 is 0 Å². The number of piperidine rings is 1. The van der Waals surface area contributed by atoms with E-state index in [0.717, 1.165) is 44.3 Å². The Morgan fingerprint density at radius 3 is 2.65 bits per heavy atom. The van der Waals surface area contributed by atoms with Crippen LogP contribution in [-0.2, 0) is 6.54 Å². The zero-order chi connectivity index (χ0) is 18.4. The summed E-state index contributed by atoms with van der Waals surface area (Å²) in [7, 11) is 0. The monoisotopic (exact) mass is 362 g/mol. The van der Waals surface area contributed by atoms with E-state index in [1.165, 1.54) is 11.6 Å². The van der Waals surface area contributed by atoms with E-state index in [1.54, 1.807) is 6.07 Å². The lowest BCUT2D eigenvalue weighted by molar-refractivity contribution is 0.200. The summed E-state index contributed by atoms with van der Waals surface area (Å²) >= 11 is 0. The van der Waals surface area contributed by atoms with Gasteiger partial charge in [0.15, 0.2) is 11.6 Å². The summed E-state index contributed by atoms with van der Waals surface area (Å²) < 4.78 is 31.8. The molecule has 0 aromatic heterocycles. The Hall–Kier alpha value is -2.18. The third kappa shape index (κ3) is 5.16. The molecule has 0 aliphatic carbocycles. The van der Waals surface area contributed by atoms with E-state index in [2.05, 4.69) is 10.2 Å². The number of benzene rings is 2. The van der Waals surface area contributed by atoms with Gasteiger partial charge in [-0.1, -0.05) is 12.1 Å². The van der Waals surface area contributed by atoms with Crippen LogP contribution in [0.15, 0.2) is 42.5 Å². The van der Waals surface area contributed by atoms with Crippen LogP contribution in [0.4, 0.5) is 14.5 Å². The molecule has 1 aliphatic rings. The maximum atomic E-state index is 13.4. The molecule has 1 atom stereocenters. The van der Waals surface area contributed by atoms with Gasteiger partial charge in [0.05, 0.1) is 6.61 Å². The Balaban J connectivity index is 1.53. The van der Waals surface area contributed by atoms with Crippen LogP contribution in [0.1, 0.15) is 18.4 Å². The second kappa shape index (κ2) is 8.96. The Labute approximate surface area is 152 Å². The van der Waals surface area contributed by atoms with E-state index in [1.807, 2.05) is 24.3 Å². The molecule has 2 aromatic rings. The number of hydrogen-bond donors (Lipinski definition) is 2. The van der Waals surface area contributed by atoms with Crippen LogP contribution >= 0.6 is 0 Å². The van der Waals surface area contributed by atoms with Crippen molar-refractivity contribution in [1.29, 1.82) is 0 Å². The van der Waals surface area contributed by atoms with Crippen LogP contribution in [-0.4, -0.2) is 42.4 Å². The van der Waals surface area contributed by atoms with Crippen molar-refractivity contribution in [2.45, 2.75) is 25.4 Å². The molecule has 26 heavy (non-hydrogen) atoms. The fraction of sp³-hybridized carbons (Fsp3) is 0.400. The molecular formula is C20H24F2N2O2. The van der Waals surface area contributed by atoms with Crippen molar-refractivity contribution < 1.29 is 18.6 Å². The third-order valence-corrected chi connectivity index (χ3v) is 4.49. The molecule has 4 nitrogen and oxygen atoms in total. The first kappa shape index (κ1) is 18.6. The van der Waals surface area contributed by atoms with E-state index in [-0.39, 0.29) is 12.6 Å². The number of nitrogens with one attached hydrogen (secondary N) is 1. The van der Waals surface area contributed by atoms with Gasteiger partial charge < -0.3 is 15.2 Å². The van der Waals surface area contributed by atoms with E-state index < -0.39 is 11.6 Å². The van der Waals surface area contributed by atoms with Crippen molar-refractivity contribution in [3.8, 4) is 5.75 Å². The van der Waals surface area contributed by atoms with E-state index in [9.17, 15) is 8.78 Å². The van der Waals surface area contributed by atoms with Crippen LogP contribution in [0.25, 0.3) is 0 Å². The first-order valence-electron chi connectivity index (χ1n) is 8.90. The molecule has 1 fully saturated rings. The summed E-state index contributed by atoms with van der Waals surface area (Å²) in [6.45, 7) is 2.99. The fourth-order valence-corrected chi connectivity index (χ4v) is 3.25. The number of aliphatic hydroxyl groups is 1. The van der Waals surface area contributed by atoms with Crippen molar-refractivity contribution in [3.63, 3.8) is 0 Å². The molecule has 2 aromatic carbocycles. The molecule has 0 amide bonds. The maximum Gasteiger partial charge on any atom is 0.160 e. The summed E-state index contributed by atoms with van der Waals surface area (Å²) in [5, 5.41) is 12.1. The molecule has 1 aliphatic heterocycles. The maximum absolute atomic E-state index is 13.4. The van der Waals surface area contributed by atoms with Crippen molar-refractivity contribution in [2.24, 2.45) is 0 Å². The highest BCUT2D eigenvalue weighted by atomic mass is 19.2. The normalized spacial score (nSPS) is 17.9. The summed E-state index contributed by atoms with van der Waals surface area (Å²) in [6, 6.07) is 12.0. The lowest BCUT2D eigenvalue weighted by Gasteiger charge is -2.33. The highest BCUT2D eigenvalue weighted by Gasteiger charge is 2.20. The molecule has 6 heteroatoms. The standard InChI is InChI=1S/C20H24F2N2O2/c21-19-8-5-16(12-20(19)22)23-17-2-1-9-24(14-17)13-15-3-6-18(7-4-15)26-11-10-25/h3-8,12,17,23,25H,1-2,9-11,13-14H2/t17-/m0/s1. The largest absolute Gasteiger partial charge is 0.491 e. The topological polar surface area (TPSA) is 44.7 Å². The highest BCUT2D eigenvalue weighted by Crippen LogP contribution is 2.20. The minimum Gasteiger partial charge on any atom is -0.491 e. The molecule has 140 valence electrons. The molecule has 0 unspecified atom stereocenters. The first-order chi connectivity index (χ1) is 12.6. The Bertz CT molecular complexity index is 709. The number of rotatable bonds is 7. The highest BCUT2D eigenvalue weighted by molar-refractivity contribution is 5.44. The van der Waals surface area contributed by atoms with Crippen LogP contribution < -0.4 is 10.1 Å². The number of hydrogen-bond acceptors (Lipinski definition) is 4. The molecular weight excluding hydrogens is 338 g/mol. The van der Waals surface area contributed by atoms with E-state index in [0.29, 0.717) is 12.3 Å². The van der Waals surface area contributed by atoms with E-state index >= 15 is 0 Å². The number of aliphatic hydroxyl groups excluding tert-OH is 1. The van der Waals surface area contributed by atoms with Gasteiger partial charge in [-0.2, -0.15) is 0 Å². The summed E-state index contributed by atoms with van der Waals surface area (Å²) in [5.41, 5.74) is 1.80. The van der Waals surface area contributed by atoms with Crippen molar-refractivity contribution in [2.75, 3.05) is 31.6 Å². The zero-order valence-corrected chi connectivity index (χ0v) is 14.6. The van der Waals surface area contributed by atoms with Gasteiger partial charge in [-0.3, -0.25) is 4.90 Å². The molecule has 1 saturated heterocycles. The smallest absolute Gasteiger partial charge is 0.160 e. The van der Waals surface area contributed by atoms with Gasteiger partial charge in [0, 0.05) is 30.9 Å². The second-order valence-corrected chi connectivity index (χ2v) is 6.56. The molecule has 3 rings (SSSR count). The van der Waals surface area contributed by atoms with Crippen molar-refractivity contribution >= 4 is 5.69 Å². The lowest BCUT2D eigenvalue weighted by Crippen LogP contribution is -2.41. The Morgan fingerprint density at radius 2 is 1.92 bits per heavy atom. The van der Waals surface area contributed by atoms with Crippen LogP contribution in [0.5, 0.6) is 5.75 Å². The molecule has 0 radical (unpaired) electrons. The fourth-order valence-electron chi connectivity index (χ4n) is 3.25. The number of anilines is 1. The number of nitrogens with zero attached hydrogens (tertiary/aromatic N) is 1. The second-order valence-electron chi connectivity index (χ2n) is 6.56. The lowest BCUT2D eigenvalue weighted by atomic mass is 10.0. The van der Waals surface area contributed by atoms with E-state index in [4.69, 9.17) is 9.84 Å². The zero-order valence-electron chi connectivity index (χ0n) is 14.6. The van der Waals surface area contributed by atoms with Crippen LogP contribution in [0.2, 0.25) is 0 Å². The predicted molar refractivity (Wildman–Crippen MR) is 97.3 cm³/mol. The van der Waals surface area contributed by atoms with Gasteiger partial charge in [0.1, 0.15) is 12.4 Å². The van der Waals surface area contributed by atoms with Crippen LogP contribution in [0, 0.1) is 11.6 Å². The van der Waals surface area contributed by atoms with Gasteiger partial charge in [0.2, 0.25) is 0 Å². The first-order valence-corrected chi connectivity index (χ1v) is 8.90. The minimum atomic E-state index is -0.828. The van der Waals surface area contributed by atoms with Gasteiger partial charge in [-0.15, -0.1) is 0 Å². The number of ether oxygens (including phenoxy) is 1. The summed E-state index contributed by atoms with van der Waals surface area (Å²) in [6.07, 6.45) is 2.06. The number of likely N-dealkylation sites (tertiary alicyclic amines) is 1. The molecule has 1 heterocycles. The van der Waals surface area contributed by atoms with Crippen molar-refractivity contribution in [1.82, 2.24) is 4.90 Å². The summed E-state index contributed by atoms with van der Waals surface area (Å²) in [5.74, 6) is -0.905. The predicted octanol–water partition coefficient (Wildman–Crippen LogP) is 3.41. The average Bonchev–Trinajstić information content (AvgIpc) is 2.65. The van der Waals surface area contributed by atoms with Gasteiger partial charge in [-0.05, 0) is 49.2 Å². The Morgan fingerprint density at radius 1 is 1.12 bits per heavy atom. The van der Waals surface area contributed by atoms with Crippen LogP contribution in [0.3, 0.4) is 0 Å². The SMILES string of the molecule is OCCOc1ccc(CN2CCC[C@H](Nc3ccc(F)c(F)c3)C2)cc1. The molecule has 2 N–H and O–H groups in total. The van der Waals surface area contributed by atoms with Gasteiger partial charge in [-0.25, -0.2) is 8.78 Å². The van der Waals surface area contributed by atoms with Crippen molar-refractivity contribution in [3.05, 3.63) is 59.7 Å². The molecule has 0 spiro atoms. The molecule has 0 bridgehead atoms. The minimum absolute atomic E-state index is 0.00186. The summed E-state index contributed by atoms with van der Waals surface area (Å²) in [4.78, 5) is 2.35. The number of halogens is 2.